The van der Waals surface area contributed by atoms with Crippen molar-refractivity contribution in [2.24, 2.45) is 0 Å². The van der Waals surface area contributed by atoms with E-state index in [0.29, 0.717) is 12.1 Å². The summed E-state index contributed by atoms with van der Waals surface area (Å²) in [5.74, 6) is 0. The average molecular weight is 220 g/mol. The van der Waals surface area contributed by atoms with Gasteiger partial charge in [0.2, 0.25) is 0 Å². The van der Waals surface area contributed by atoms with E-state index in [1.165, 1.54) is 0 Å². The molecule has 88 valence electrons. The first kappa shape index (κ1) is 11.4. The van der Waals surface area contributed by atoms with Crippen molar-refractivity contribution in [2.45, 2.75) is 25.9 Å². The van der Waals surface area contributed by atoms with E-state index in [0.717, 1.165) is 31.0 Å². The number of hydrogen-bond donors (Lipinski definition) is 3. The number of hydrogen-bond acceptors (Lipinski definition) is 4. The predicted molar refractivity (Wildman–Crippen MR) is 66.6 cm³/mol. The van der Waals surface area contributed by atoms with Gasteiger partial charge >= 0.3 is 0 Å². The molecule has 0 aliphatic carbocycles. The molecule has 2 rings (SSSR count). The maximum atomic E-state index is 4.49. The summed E-state index contributed by atoms with van der Waals surface area (Å²) in [5.41, 5.74) is 2.25. The van der Waals surface area contributed by atoms with Gasteiger partial charge in [0.25, 0.3) is 0 Å². The molecular formula is C12H20N4. The molecule has 2 heterocycles. The van der Waals surface area contributed by atoms with Crippen LogP contribution in [0.1, 0.15) is 25.6 Å². The summed E-state index contributed by atoms with van der Waals surface area (Å²) in [6.45, 7) is 7.27. The second-order valence-corrected chi connectivity index (χ2v) is 4.45. The summed E-state index contributed by atoms with van der Waals surface area (Å²) in [6, 6.07) is 4.82. The van der Waals surface area contributed by atoms with Crippen molar-refractivity contribution in [3.05, 3.63) is 24.0 Å². The molecule has 0 amide bonds. The Morgan fingerprint density at radius 2 is 2.31 bits per heavy atom. The highest BCUT2D eigenvalue weighted by molar-refractivity contribution is 5.49. The summed E-state index contributed by atoms with van der Waals surface area (Å²) in [7, 11) is 0. The largest absolute Gasteiger partial charge is 0.381 e. The van der Waals surface area contributed by atoms with E-state index in [-0.39, 0.29) is 0 Å². The fraction of sp³-hybridized carbons (Fsp3) is 0.583. The number of aromatic nitrogens is 1. The van der Waals surface area contributed by atoms with Gasteiger partial charge in [-0.1, -0.05) is 0 Å². The molecule has 1 atom stereocenters. The number of anilines is 1. The van der Waals surface area contributed by atoms with Gasteiger partial charge in [-0.15, -0.1) is 0 Å². The van der Waals surface area contributed by atoms with Crippen molar-refractivity contribution in [3.8, 4) is 0 Å². The molecule has 4 nitrogen and oxygen atoms in total. The number of nitrogens with zero attached hydrogens (tertiary/aromatic N) is 1. The first-order valence-corrected chi connectivity index (χ1v) is 5.93. The molecule has 0 bridgehead atoms. The molecule has 4 heteroatoms. The lowest BCUT2D eigenvalue weighted by molar-refractivity contribution is 0.424. The van der Waals surface area contributed by atoms with Crippen LogP contribution in [-0.2, 0) is 0 Å². The van der Waals surface area contributed by atoms with Crippen molar-refractivity contribution in [1.29, 1.82) is 0 Å². The minimum Gasteiger partial charge on any atom is -0.381 e. The zero-order chi connectivity index (χ0) is 11.4. The Morgan fingerprint density at radius 1 is 1.44 bits per heavy atom. The van der Waals surface area contributed by atoms with Gasteiger partial charge in [0.1, 0.15) is 0 Å². The van der Waals surface area contributed by atoms with Crippen LogP contribution in [0.3, 0.4) is 0 Å². The Balaban J connectivity index is 2.17. The molecule has 0 aromatic carbocycles. The third-order valence-corrected chi connectivity index (χ3v) is 2.65. The van der Waals surface area contributed by atoms with Crippen LogP contribution in [-0.4, -0.2) is 30.7 Å². The van der Waals surface area contributed by atoms with Gasteiger partial charge in [0, 0.05) is 31.9 Å². The normalized spacial score (nSPS) is 21.1. The monoisotopic (exact) mass is 220 g/mol. The molecule has 3 N–H and O–H groups in total. The van der Waals surface area contributed by atoms with E-state index in [2.05, 4.69) is 40.8 Å². The van der Waals surface area contributed by atoms with Crippen LogP contribution in [0.15, 0.2) is 18.3 Å². The highest BCUT2D eigenvalue weighted by Crippen LogP contribution is 2.21. The standard InChI is InChI=1S/C12H20N4/c1-9(2)16-10-4-3-5-15-12(10)11-8-13-6-7-14-11/h3-5,9,11,13-14,16H,6-8H2,1-2H3. The summed E-state index contributed by atoms with van der Waals surface area (Å²) in [5, 5.41) is 10.3. The molecule has 16 heavy (non-hydrogen) atoms. The molecule has 1 aliphatic heterocycles. The number of rotatable bonds is 3. The smallest absolute Gasteiger partial charge is 0.0817 e. The Morgan fingerprint density at radius 3 is 3.00 bits per heavy atom. The van der Waals surface area contributed by atoms with E-state index < -0.39 is 0 Å². The van der Waals surface area contributed by atoms with Gasteiger partial charge in [-0.3, -0.25) is 4.98 Å². The Kier molecular flexibility index (Phi) is 3.74. The van der Waals surface area contributed by atoms with Crippen LogP contribution in [0.5, 0.6) is 0 Å². The Labute approximate surface area is 96.8 Å². The van der Waals surface area contributed by atoms with Crippen LogP contribution in [0.2, 0.25) is 0 Å². The summed E-state index contributed by atoms with van der Waals surface area (Å²) in [6.07, 6.45) is 1.86. The molecule has 1 aliphatic rings. The van der Waals surface area contributed by atoms with Crippen molar-refractivity contribution >= 4 is 5.69 Å². The molecular weight excluding hydrogens is 200 g/mol. The minimum atomic E-state index is 0.316. The fourth-order valence-corrected chi connectivity index (χ4v) is 1.97. The topological polar surface area (TPSA) is 49.0 Å². The van der Waals surface area contributed by atoms with Gasteiger partial charge < -0.3 is 16.0 Å². The lowest BCUT2D eigenvalue weighted by Crippen LogP contribution is -2.43. The van der Waals surface area contributed by atoms with Gasteiger partial charge in [0.15, 0.2) is 0 Å². The molecule has 0 saturated carbocycles. The van der Waals surface area contributed by atoms with Crippen LogP contribution < -0.4 is 16.0 Å². The lowest BCUT2D eigenvalue weighted by atomic mass is 10.1. The summed E-state index contributed by atoms with van der Waals surface area (Å²) < 4.78 is 0. The maximum absolute atomic E-state index is 4.49. The molecule has 0 radical (unpaired) electrons. The Hall–Kier alpha value is -1.13. The summed E-state index contributed by atoms with van der Waals surface area (Å²) in [4.78, 5) is 4.49. The van der Waals surface area contributed by atoms with Crippen LogP contribution in [0.4, 0.5) is 5.69 Å². The van der Waals surface area contributed by atoms with Gasteiger partial charge in [-0.25, -0.2) is 0 Å². The van der Waals surface area contributed by atoms with Crippen LogP contribution in [0, 0.1) is 0 Å². The van der Waals surface area contributed by atoms with Crippen molar-refractivity contribution in [1.82, 2.24) is 15.6 Å². The van der Waals surface area contributed by atoms with Crippen LogP contribution >= 0.6 is 0 Å². The zero-order valence-corrected chi connectivity index (χ0v) is 9.96. The van der Waals surface area contributed by atoms with Gasteiger partial charge in [-0.2, -0.15) is 0 Å². The second kappa shape index (κ2) is 5.27. The highest BCUT2D eigenvalue weighted by atomic mass is 15.1. The molecule has 1 saturated heterocycles. The van der Waals surface area contributed by atoms with E-state index in [1.54, 1.807) is 0 Å². The number of pyridine rings is 1. The second-order valence-electron chi connectivity index (χ2n) is 4.45. The first-order chi connectivity index (χ1) is 7.77. The van der Waals surface area contributed by atoms with Crippen molar-refractivity contribution in [3.63, 3.8) is 0 Å². The summed E-state index contributed by atoms with van der Waals surface area (Å²) >= 11 is 0. The Bertz CT molecular complexity index is 332. The SMILES string of the molecule is CC(C)Nc1cccnc1C1CNCCN1. The number of nitrogens with one attached hydrogen (secondary N) is 3. The van der Waals surface area contributed by atoms with Crippen molar-refractivity contribution in [2.75, 3.05) is 25.0 Å². The minimum absolute atomic E-state index is 0.316. The maximum Gasteiger partial charge on any atom is 0.0817 e. The molecule has 1 aromatic rings. The van der Waals surface area contributed by atoms with Crippen molar-refractivity contribution < 1.29 is 0 Å². The van der Waals surface area contributed by atoms with E-state index in [4.69, 9.17) is 0 Å². The first-order valence-electron chi connectivity index (χ1n) is 5.93. The number of piperazine rings is 1. The third kappa shape index (κ3) is 2.71. The fourth-order valence-electron chi connectivity index (χ4n) is 1.97. The average Bonchev–Trinajstić information content (AvgIpc) is 2.30. The lowest BCUT2D eigenvalue weighted by Gasteiger charge is -2.26. The van der Waals surface area contributed by atoms with E-state index in [9.17, 15) is 0 Å². The molecule has 1 aromatic heterocycles. The predicted octanol–water partition coefficient (Wildman–Crippen LogP) is 1.14. The van der Waals surface area contributed by atoms with E-state index >= 15 is 0 Å². The van der Waals surface area contributed by atoms with Gasteiger partial charge in [0.05, 0.1) is 17.4 Å². The van der Waals surface area contributed by atoms with E-state index in [1.807, 2.05) is 12.3 Å². The third-order valence-electron chi connectivity index (χ3n) is 2.65. The highest BCUT2D eigenvalue weighted by Gasteiger charge is 2.18. The molecule has 1 unspecified atom stereocenters. The van der Waals surface area contributed by atoms with Gasteiger partial charge in [-0.05, 0) is 26.0 Å². The molecule has 1 fully saturated rings. The zero-order valence-electron chi connectivity index (χ0n) is 9.96. The molecule has 0 spiro atoms. The quantitative estimate of drug-likeness (QED) is 0.715. The van der Waals surface area contributed by atoms with Crippen LogP contribution in [0.25, 0.3) is 0 Å².